The molecule has 18 heavy (non-hydrogen) atoms. The van der Waals surface area contributed by atoms with Crippen molar-refractivity contribution in [3.8, 4) is 0 Å². The molecule has 102 valence electrons. The fourth-order valence-electron chi connectivity index (χ4n) is 2.74. The Bertz CT molecular complexity index is 351. The van der Waals surface area contributed by atoms with E-state index < -0.39 is 0 Å². The van der Waals surface area contributed by atoms with Crippen LogP contribution in [0.15, 0.2) is 24.3 Å². The number of rotatable bonds is 3. The van der Waals surface area contributed by atoms with Crippen LogP contribution < -0.4 is 5.32 Å². The normalized spacial score (nSPS) is 23.5. The minimum Gasteiger partial charge on any atom is -0.370 e. The Morgan fingerprint density at radius 2 is 1.78 bits per heavy atom. The summed E-state index contributed by atoms with van der Waals surface area (Å²) in [6, 6.07) is 0.157. The molecule has 3 nitrogen and oxygen atoms in total. The van der Waals surface area contributed by atoms with E-state index in [2.05, 4.69) is 39.6 Å². The molecule has 1 heterocycles. The first-order valence-corrected chi connectivity index (χ1v) is 6.45. The van der Waals surface area contributed by atoms with Crippen molar-refractivity contribution in [3.05, 3.63) is 24.3 Å². The zero-order chi connectivity index (χ0) is 14.0. The first kappa shape index (κ1) is 15.0. The average Bonchev–Trinajstić information content (AvgIpc) is 2.12. The van der Waals surface area contributed by atoms with E-state index >= 15 is 0 Å². The van der Waals surface area contributed by atoms with Gasteiger partial charge in [-0.05, 0) is 47.5 Å². The molecule has 1 rings (SSSR count). The molecule has 0 saturated carbocycles. The van der Waals surface area contributed by atoms with Crippen molar-refractivity contribution in [1.29, 1.82) is 0 Å². The molecule has 0 spiro atoms. The van der Waals surface area contributed by atoms with Crippen molar-refractivity contribution in [1.82, 2.24) is 5.32 Å². The largest absolute Gasteiger partial charge is 0.370 e. The number of hydrogen-bond acceptors (Lipinski definition) is 2. The second-order valence-electron chi connectivity index (χ2n) is 6.29. The quantitative estimate of drug-likeness (QED) is 0.618. The van der Waals surface area contributed by atoms with Crippen LogP contribution in [0.2, 0.25) is 0 Å². The predicted molar refractivity (Wildman–Crippen MR) is 74.4 cm³/mol. The minimum absolute atomic E-state index is 0.0200. The second-order valence-corrected chi connectivity index (χ2v) is 6.29. The zero-order valence-electron chi connectivity index (χ0n) is 12.2. The van der Waals surface area contributed by atoms with Gasteiger partial charge in [0.2, 0.25) is 5.91 Å². The van der Waals surface area contributed by atoms with Gasteiger partial charge in [-0.1, -0.05) is 18.7 Å². The van der Waals surface area contributed by atoms with Gasteiger partial charge < -0.3 is 10.1 Å². The van der Waals surface area contributed by atoms with E-state index in [9.17, 15) is 4.79 Å². The van der Waals surface area contributed by atoms with Crippen molar-refractivity contribution in [3.63, 3.8) is 0 Å². The van der Waals surface area contributed by atoms with E-state index in [1.807, 2.05) is 0 Å². The number of amides is 1. The predicted octanol–water partition coefficient (Wildman–Crippen LogP) is 2.97. The minimum atomic E-state index is -0.199. The van der Waals surface area contributed by atoms with E-state index in [1.165, 1.54) is 0 Å². The Labute approximate surface area is 110 Å². The van der Waals surface area contributed by atoms with E-state index in [-0.39, 0.29) is 23.2 Å². The summed E-state index contributed by atoms with van der Waals surface area (Å²) in [4.78, 5) is 12.0. The molecule has 0 aliphatic carbocycles. The molecule has 1 saturated heterocycles. The van der Waals surface area contributed by atoms with Crippen LogP contribution in [-0.4, -0.2) is 23.2 Å². The van der Waals surface area contributed by atoms with Crippen molar-refractivity contribution < 1.29 is 9.53 Å². The van der Waals surface area contributed by atoms with Crippen LogP contribution in [0.5, 0.6) is 0 Å². The first-order chi connectivity index (χ1) is 8.15. The molecule has 0 unspecified atom stereocenters. The third-order valence-electron chi connectivity index (χ3n) is 3.09. The van der Waals surface area contributed by atoms with Gasteiger partial charge in [-0.3, -0.25) is 4.79 Å². The smallest absolute Gasteiger partial charge is 0.247 e. The summed E-state index contributed by atoms with van der Waals surface area (Å²) >= 11 is 0. The summed E-state index contributed by atoms with van der Waals surface area (Å²) in [5.41, 5.74) is 0.290. The van der Waals surface area contributed by atoms with Crippen molar-refractivity contribution in [2.75, 3.05) is 0 Å². The molecular weight excluding hydrogens is 226 g/mol. The molecular formula is C15H25NO2. The number of carbonyl (C=O) groups excluding carboxylic acids is 1. The first-order valence-electron chi connectivity index (χ1n) is 6.45. The number of nitrogens with one attached hydrogen (secondary N) is 1. The Morgan fingerprint density at radius 1 is 1.28 bits per heavy atom. The number of carbonyl (C=O) groups is 1. The maximum absolute atomic E-state index is 12.0. The molecule has 1 aliphatic heterocycles. The van der Waals surface area contributed by atoms with Crippen molar-refractivity contribution in [2.45, 2.75) is 64.7 Å². The summed E-state index contributed by atoms with van der Waals surface area (Å²) < 4.78 is 6.00. The highest BCUT2D eigenvalue weighted by molar-refractivity contribution is 5.93. The summed E-state index contributed by atoms with van der Waals surface area (Å²) in [6.45, 7) is 13.7. The Balaban J connectivity index is 2.70. The standard InChI is InChI=1S/C15H25NO2/c1-7-8-11(2)13(17)16-12-9-14(3,4)18-15(5,6)10-12/h7-8,12H,1,9-10H2,2-6H3,(H,16,17). The highest BCUT2D eigenvalue weighted by Crippen LogP contribution is 2.34. The van der Waals surface area contributed by atoms with Crippen LogP contribution in [0.3, 0.4) is 0 Å². The monoisotopic (exact) mass is 251 g/mol. The van der Waals surface area contributed by atoms with E-state index in [1.54, 1.807) is 19.1 Å². The van der Waals surface area contributed by atoms with E-state index in [4.69, 9.17) is 4.74 Å². The molecule has 0 aromatic carbocycles. The summed E-state index contributed by atoms with van der Waals surface area (Å²) in [5, 5.41) is 3.08. The number of ether oxygens (including phenoxy) is 1. The number of allylic oxidation sites excluding steroid dienone is 2. The van der Waals surface area contributed by atoms with Gasteiger partial charge in [0, 0.05) is 11.6 Å². The van der Waals surface area contributed by atoms with Gasteiger partial charge in [0.15, 0.2) is 0 Å². The van der Waals surface area contributed by atoms with Gasteiger partial charge in [0.05, 0.1) is 11.2 Å². The fourth-order valence-corrected chi connectivity index (χ4v) is 2.74. The lowest BCUT2D eigenvalue weighted by atomic mass is 9.85. The van der Waals surface area contributed by atoms with Gasteiger partial charge >= 0.3 is 0 Å². The van der Waals surface area contributed by atoms with Gasteiger partial charge in [-0.25, -0.2) is 0 Å². The van der Waals surface area contributed by atoms with Crippen LogP contribution in [0.4, 0.5) is 0 Å². The molecule has 0 atom stereocenters. The molecule has 3 heteroatoms. The van der Waals surface area contributed by atoms with E-state index in [0.29, 0.717) is 5.57 Å². The molecule has 1 N–H and O–H groups in total. The third kappa shape index (κ3) is 4.30. The van der Waals surface area contributed by atoms with Gasteiger partial charge in [0.1, 0.15) is 0 Å². The Morgan fingerprint density at radius 3 is 2.22 bits per heavy atom. The van der Waals surface area contributed by atoms with Gasteiger partial charge in [-0.15, -0.1) is 0 Å². The zero-order valence-corrected chi connectivity index (χ0v) is 12.2. The molecule has 0 aromatic rings. The second kappa shape index (κ2) is 5.27. The molecule has 0 radical (unpaired) electrons. The lowest BCUT2D eigenvalue weighted by Crippen LogP contribution is -2.53. The van der Waals surface area contributed by atoms with Gasteiger partial charge in [-0.2, -0.15) is 0 Å². The van der Waals surface area contributed by atoms with Crippen LogP contribution in [0, 0.1) is 0 Å². The van der Waals surface area contributed by atoms with Crippen molar-refractivity contribution in [2.24, 2.45) is 0 Å². The average molecular weight is 251 g/mol. The lowest BCUT2D eigenvalue weighted by Gasteiger charge is -2.45. The molecule has 0 bridgehead atoms. The maximum atomic E-state index is 12.0. The Hall–Kier alpha value is -1.09. The summed E-state index contributed by atoms with van der Waals surface area (Å²) in [6.07, 6.45) is 5.03. The van der Waals surface area contributed by atoms with Crippen LogP contribution in [-0.2, 0) is 9.53 Å². The lowest BCUT2D eigenvalue weighted by molar-refractivity contribution is -0.165. The third-order valence-corrected chi connectivity index (χ3v) is 3.09. The van der Waals surface area contributed by atoms with Crippen molar-refractivity contribution >= 4 is 5.91 Å². The summed E-state index contributed by atoms with van der Waals surface area (Å²) in [5.74, 6) is -0.0200. The Kier molecular flexibility index (Phi) is 4.38. The maximum Gasteiger partial charge on any atom is 0.247 e. The molecule has 1 amide bonds. The highest BCUT2D eigenvalue weighted by Gasteiger charge is 2.39. The molecule has 0 aromatic heterocycles. The van der Waals surface area contributed by atoms with E-state index in [0.717, 1.165) is 12.8 Å². The topological polar surface area (TPSA) is 38.3 Å². The molecule has 1 aliphatic rings. The van der Waals surface area contributed by atoms with Crippen LogP contribution in [0.1, 0.15) is 47.5 Å². The number of hydrogen-bond donors (Lipinski definition) is 1. The fraction of sp³-hybridized carbons (Fsp3) is 0.667. The molecule has 1 fully saturated rings. The van der Waals surface area contributed by atoms with Crippen LogP contribution in [0.25, 0.3) is 0 Å². The highest BCUT2D eigenvalue weighted by atomic mass is 16.5. The van der Waals surface area contributed by atoms with Crippen LogP contribution >= 0.6 is 0 Å². The van der Waals surface area contributed by atoms with Gasteiger partial charge in [0.25, 0.3) is 0 Å². The summed E-state index contributed by atoms with van der Waals surface area (Å²) in [7, 11) is 0. The SMILES string of the molecule is C=CC=C(C)C(=O)NC1CC(C)(C)OC(C)(C)C1.